The molecule has 0 radical (unpaired) electrons. The van der Waals surface area contributed by atoms with Gasteiger partial charge in [0.2, 0.25) is 0 Å². The van der Waals surface area contributed by atoms with Crippen LogP contribution in [0.15, 0.2) is 41.8 Å². The minimum atomic E-state index is -2.84. The zero-order valence-electron chi connectivity index (χ0n) is 10.8. The molecule has 1 unspecified atom stereocenters. The molecule has 0 saturated carbocycles. The van der Waals surface area contributed by atoms with Crippen molar-refractivity contribution in [1.29, 1.82) is 0 Å². The average molecular weight is 298 g/mol. The smallest absolute Gasteiger partial charge is 0.387 e. The maximum absolute atomic E-state index is 12.4. The number of rotatable bonds is 7. The molecule has 2 aromatic rings. The van der Waals surface area contributed by atoms with Gasteiger partial charge in [0, 0.05) is 29.6 Å². The second-order valence-electron chi connectivity index (χ2n) is 4.16. The van der Waals surface area contributed by atoms with Gasteiger partial charge >= 0.3 is 6.61 Å². The van der Waals surface area contributed by atoms with Crippen LogP contribution >= 0.6 is 11.3 Å². The van der Waals surface area contributed by atoms with E-state index in [-0.39, 0.29) is 11.8 Å². The van der Waals surface area contributed by atoms with Crippen LogP contribution in [-0.2, 0) is 6.54 Å². The first-order chi connectivity index (χ1) is 9.70. The van der Waals surface area contributed by atoms with Crippen LogP contribution in [0, 0.1) is 0 Å². The minimum absolute atomic E-state index is 0.164. The van der Waals surface area contributed by atoms with Gasteiger partial charge in [0.25, 0.3) is 0 Å². The summed E-state index contributed by atoms with van der Waals surface area (Å²) in [4.78, 5) is 1.16. The van der Waals surface area contributed by atoms with Crippen molar-refractivity contribution in [3.63, 3.8) is 0 Å². The lowest BCUT2D eigenvalue weighted by Crippen LogP contribution is -2.28. The summed E-state index contributed by atoms with van der Waals surface area (Å²) in [5.74, 6) is 0.164. The number of thiophene rings is 1. The third-order valence-electron chi connectivity index (χ3n) is 2.85. The molecule has 0 aliphatic rings. The predicted molar refractivity (Wildman–Crippen MR) is 76.0 cm³/mol. The monoisotopic (exact) mass is 298 g/mol. The first-order valence-electron chi connectivity index (χ1n) is 6.20. The number of benzene rings is 1. The van der Waals surface area contributed by atoms with Gasteiger partial charge in [-0.1, -0.05) is 24.3 Å². The fraction of sp³-hybridized carbons (Fsp3) is 0.286. The number of para-hydroxylation sites is 1. The molecule has 0 saturated heterocycles. The van der Waals surface area contributed by atoms with Crippen molar-refractivity contribution in [3.05, 3.63) is 52.2 Å². The number of nitrogens with two attached hydrogens (primary N) is 1. The van der Waals surface area contributed by atoms with Gasteiger partial charge < -0.3 is 15.8 Å². The number of hydrogen-bond acceptors (Lipinski definition) is 4. The lowest BCUT2D eigenvalue weighted by molar-refractivity contribution is -0.0507. The van der Waals surface area contributed by atoms with Crippen molar-refractivity contribution < 1.29 is 13.5 Å². The largest absolute Gasteiger partial charge is 0.434 e. The second-order valence-corrected chi connectivity index (χ2v) is 5.20. The first-order valence-corrected chi connectivity index (χ1v) is 7.08. The SMILES string of the molecule is NCC(NCc1cccs1)c1ccccc1OC(F)F. The van der Waals surface area contributed by atoms with Crippen molar-refractivity contribution in [2.24, 2.45) is 5.73 Å². The summed E-state index contributed by atoms with van der Waals surface area (Å²) in [6, 6.07) is 10.5. The molecule has 0 amide bonds. The fourth-order valence-electron chi connectivity index (χ4n) is 1.93. The molecule has 0 fully saturated rings. The third kappa shape index (κ3) is 4.00. The van der Waals surface area contributed by atoms with E-state index >= 15 is 0 Å². The van der Waals surface area contributed by atoms with Gasteiger partial charge in [-0.05, 0) is 17.5 Å². The molecular weight excluding hydrogens is 282 g/mol. The van der Waals surface area contributed by atoms with Crippen LogP contribution in [0.5, 0.6) is 5.75 Å². The zero-order chi connectivity index (χ0) is 14.4. The Kier molecular flexibility index (Phi) is 5.46. The van der Waals surface area contributed by atoms with Gasteiger partial charge in [0.05, 0.1) is 0 Å². The quantitative estimate of drug-likeness (QED) is 0.825. The predicted octanol–water partition coefficient (Wildman–Crippen LogP) is 3.14. The van der Waals surface area contributed by atoms with Crippen LogP contribution in [0.3, 0.4) is 0 Å². The van der Waals surface area contributed by atoms with Crippen LogP contribution in [0.4, 0.5) is 8.78 Å². The van der Waals surface area contributed by atoms with E-state index in [1.165, 1.54) is 6.07 Å². The molecular formula is C14H16F2N2OS. The Labute approximate surface area is 120 Å². The number of ether oxygens (including phenoxy) is 1. The van der Waals surface area contributed by atoms with E-state index in [1.807, 2.05) is 17.5 Å². The van der Waals surface area contributed by atoms with Gasteiger partial charge in [-0.3, -0.25) is 0 Å². The molecule has 3 nitrogen and oxygen atoms in total. The standard InChI is InChI=1S/C14H16F2N2OS/c15-14(16)19-13-6-2-1-5-11(13)12(8-17)18-9-10-4-3-7-20-10/h1-7,12,14,18H,8-9,17H2. The molecule has 0 aliphatic heterocycles. The Hall–Kier alpha value is -1.50. The van der Waals surface area contributed by atoms with E-state index in [0.717, 1.165) is 4.88 Å². The molecule has 20 heavy (non-hydrogen) atoms. The van der Waals surface area contributed by atoms with Crippen molar-refractivity contribution in [2.45, 2.75) is 19.2 Å². The normalized spacial score (nSPS) is 12.6. The van der Waals surface area contributed by atoms with Gasteiger partial charge in [-0.2, -0.15) is 8.78 Å². The number of hydrogen-bond donors (Lipinski definition) is 2. The topological polar surface area (TPSA) is 47.3 Å². The molecule has 0 aliphatic carbocycles. The lowest BCUT2D eigenvalue weighted by atomic mass is 10.1. The van der Waals surface area contributed by atoms with Gasteiger partial charge in [0.15, 0.2) is 0 Å². The Morgan fingerprint density at radius 2 is 2.00 bits per heavy atom. The van der Waals surface area contributed by atoms with E-state index < -0.39 is 6.61 Å². The number of nitrogens with one attached hydrogen (secondary N) is 1. The third-order valence-corrected chi connectivity index (χ3v) is 3.73. The molecule has 1 atom stereocenters. The highest BCUT2D eigenvalue weighted by Crippen LogP contribution is 2.26. The molecule has 3 N–H and O–H groups in total. The highest BCUT2D eigenvalue weighted by atomic mass is 32.1. The van der Waals surface area contributed by atoms with Crippen LogP contribution < -0.4 is 15.8 Å². The van der Waals surface area contributed by atoms with E-state index in [1.54, 1.807) is 29.5 Å². The van der Waals surface area contributed by atoms with Crippen LogP contribution in [0.2, 0.25) is 0 Å². The summed E-state index contributed by atoms with van der Waals surface area (Å²) in [6.07, 6.45) is 0. The Bertz CT molecular complexity index is 520. The fourth-order valence-corrected chi connectivity index (χ4v) is 2.58. The van der Waals surface area contributed by atoms with E-state index in [9.17, 15) is 8.78 Å². The second kappa shape index (κ2) is 7.33. The van der Waals surface area contributed by atoms with Crippen molar-refractivity contribution >= 4 is 11.3 Å². The van der Waals surface area contributed by atoms with Crippen molar-refractivity contribution in [1.82, 2.24) is 5.32 Å². The molecule has 1 heterocycles. The Morgan fingerprint density at radius 1 is 1.20 bits per heavy atom. The van der Waals surface area contributed by atoms with Crippen molar-refractivity contribution in [2.75, 3.05) is 6.54 Å². The van der Waals surface area contributed by atoms with E-state index in [2.05, 4.69) is 10.1 Å². The molecule has 0 spiro atoms. The Balaban J connectivity index is 2.10. The molecule has 6 heteroatoms. The maximum Gasteiger partial charge on any atom is 0.387 e. The van der Waals surface area contributed by atoms with Crippen molar-refractivity contribution in [3.8, 4) is 5.75 Å². The minimum Gasteiger partial charge on any atom is -0.434 e. The maximum atomic E-state index is 12.4. The van der Waals surface area contributed by atoms with Gasteiger partial charge in [-0.15, -0.1) is 11.3 Å². The summed E-state index contributed by atoms with van der Waals surface area (Å²) in [7, 11) is 0. The summed E-state index contributed by atoms with van der Waals surface area (Å²) in [6.45, 7) is -1.90. The molecule has 1 aromatic carbocycles. The molecule has 0 bridgehead atoms. The summed E-state index contributed by atoms with van der Waals surface area (Å²) >= 11 is 1.63. The molecule has 108 valence electrons. The molecule has 2 rings (SSSR count). The highest BCUT2D eigenvalue weighted by molar-refractivity contribution is 7.09. The van der Waals surface area contributed by atoms with Crippen LogP contribution in [0.25, 0.3) is 0 Å². The summed E-state index contributed by atoms with van der Waals surface area (Å²) in [5.41, 5.74) is 6.39. The molecule has 1 aromatic heterocycles. The zero-order valence-corrected chi connectivity index (χ0v) is 11.6. The first kappa shape index (κ1) is 14.9. The van der Waals surface area contributed by atoms with Crippen LogP contribution in [-0.4, -0.2) is 13.2 Å². The highest BCUT2D eigenvalue weighted by Gasteiger charge is 2.16. The lowest BCUT2D eigenvalue weighted by Gasteiger charge is -2.20. The Morgan fingerprint density at radius 3 is 2.65 bits per heavy atom. The number of halogens is 2. The van der Waals surface area contributed by atoms with Gasteiger partial charge in [-0.25, -0.2) is 0 Å². The summed E-state index contributed by atoms with van der Waals surface area (Å²) < 4.78 is 29.3. The van der Waals surface area contributed by atoms with Crippen LogP contribution in [0.1, 0.15) is 16.5 Å². The average Bonchev–Trinajstić information content (AvgIpc) is 2.94. The summed E-state index contributed by atoms with van der Waals surface area (Å²) in [5, 5.41) is 5.25. The number of alkyl halides is 2. The van der Waals surface area contributed by atoms with E-state index in [0.29, 0.717) is 18.7 Å². The van der Waals surface area contributed by atoms with E-state index in [4.69, 9.17) is 5.73 Å². The van der Waals surface area contributed by atoms with Gasteiger partial charge in [0.1, 0.15) is 5.75 Å².